The van der Waals surface area contributed by atoms with Gasteiger partial charge in [-0.05, 0) is 55.2 Å². The van der Waals surface area contributed by atoms with Gasteiger partial charge in [-0.25, -0.2) is 4.79 Å². The number of benzene rings is 2. The Morgan fingerprint density at radius 3 is 2.39 bits per heavy atom. The Kier molecular flexibility index (Phi) is 7.52. The number of nitrogens with zero attached hydrogens (tertiary/aromatic N) is 2. The summed E-state index contributed by atoms with van der Waals surface area (Å²) in [5.74, 6) is -0.892. The molecule has 1 aliphatic carbocycles. The van der Waals surface area contributed by atoms with Crippen molar-refractivity contribution < 1.29 is 19.1 Å². The number of amides is 2. The lowest BCUT2D eigenvalue weighted by Crippen LogP contribution is -2.45. The van der Waals surface area contributed by atoms with Crippen molar-refractivity contribution in [1.82, 2.24) is 15.1 Å². The molecule has 8 nitrogen and oxygen atoms in total. The molecule has 0 saturated heterocycles. The van der Waals surface area contributed by atoms with Crippen LogP contribution in [-0.2, 0) is 28.5 Å². The number of aromatic nitrogens is 2. The van der Waals surface area contributed by atoms with Gasteiger partial charge in [0.05, 0.1) is 23.8 Å². The predicted octanol–water partition coefficient (Wildman–Crippen LogP) is 4.29. The molecule has 1 aromatic heterocycles. The molecular formula is C28H32N4O4. The second kappa shape index (κ2) is 10.8. The van der Waals surface area contributed by atoms with Gasteiger partial charge in [0.2, 0.25) is 5.91 Å². The Labute approximate surface area is 211 Å². The van der Waals surface area contributed by atoms with Gasteiger partial charge in [0.25, 0.3) is 5.91 Å². The summed E-state index contributed by atoms with van der Waals surface area (Å²) >= 11 is 0. The first-order chi connectivity index (χ1) is 17.3. The van der Waals surface area contributed by atoms with Crippen molar-refractivity contribution in [1.29, 1.82) is 0 Å². The average Bonchev–Trinajstić information content (AvgIpc) is 3.25. The van der Waals surface area contributed by atoms with E-state index >= 15 is 0 Å². The van der Waals surface area contributed by atoms with E-state index in [-0.39, 0.29) is 23.9 Å². The number of esters is 1. The first kappa shape index (κ1) is 25.2. The first-order valence-electron chi connectivity index (χ1n) is 12.2. The summed E-state index contributed by atoms with van der Waals surface area (Å²) in [5, 5.41) is 10.1. The molecular weight excluding hydrogens is 456 g/mol. The minimum atomic E-state index is -0.562. The number of anilines is 1. The van der Waals surface area contributed by atoms with E-state index in [0.717, 1.165) is 43.4 Å². The third kappa shape index (κ3) is 5.32. The highest BCUT2D eigenvalue weighted by Crippen LogP contribution is 2.39. The minimum Gasteiger partial charge on any atom is -0.465 e. The van der Waals surface area contributed by atoms with Gasteiger partial charge in [0, 0.05) is 19.3 Å². The normalized spacial score (nSPS) is 14.6. The molecule has 2 N–H and O–H groups in total. The Morgan fingerprint density at radius 1 is 1.03 bits per heavy atom. The predicted molar refractivity (Wildman–Crippen MR) is 137 cm³/mol. The summed E-state index contributed by atoms with van der Waals surface area (Å²) in [7, 11) is 3.00. The zero-order chi connectivity index (χ0) is 25.7. The molecule has 4 rings (SSSR count). The highest BCUT2D eigenvalue weighted by atomic mass is 16.5. The summed E-state index contributed by atoms with van der Waals surface area (Å²) in [5.41, 5.74) is 3.00. The number of rotatable bonds is 7. The van der Waals surface area contributed by atoms with E-state index in [2.05, 4.69) is 15.7 Å². The van der Waals surface area contributed by atoms with Crippen LogP contribution in [0.3, 0.4) is 0 Å². The lowest BCUT2D eigenvalue weighted by molar-refractivity contribution is -0.128. The molecule has 36 heavy (non-hydrogen) atoms. The van der Waals surface area contributed by atoms with Crippen LogP contribution in [-0.4, -0.2) is 34.7 Å². The van der Waals surface area contributed by atoms with Crippen molar-refractivity contribution >= 4 is 23.5 Å². The van der Waals surface area contributed by atoms with E-state index in [9.17, 15) is 14.4 Å². The fourth-order valence-corrected chi connectivity index (χ4v) is 5.03. The van der Waals surface area contributed by atoms with Crippen molar-refractivity contribution in [3.8, 4) is 0 Å². The molecule has 0 unspecified atom stereocenters. The van der Waals surface area contributed by atoms with Crippen LogP contribution in [0.4, 0.5) is 5.69 Å². The molecule has 188 valence electrons. The zero-order valence-electron chi connectivity index (χ0n) is 21.0. The number of methoxy groups -OCH3 is 1. The van der Waals surface area contributed by atoms with Crippen LogP contribution in [0, 0.1) is 6.92 Å². The molecule has 2 amide bonds. The molecule has 8 heteroatoms. The van der Waals surface area contributed by atoms with Crippen LogP contribution in [0.1, 0.15) is 69.8 Å². The molecule has 2 aromatic carbocycles. The number of ether oxygens (including phenoxy) is 1. The standard InChI is InChI=1S/C28H32N4O4/c1-19-14-24(32(2)31-19)25(33)30-23-16-20(15-21(17-23)26(34)36-3)18-29-27(35)28(12-8-5-9-13-28)22-10-6-4-7-11-22/h4,6-7,10-11,14-17H,5,8-9,12-13,18H2,1-3H3,(H,29,35)(H,30,33). The summed E-state index contributed by atoms with van der Waals surface area (Å²) in [6.07, 6.45) is 4.74. The van der Waals surface area contributed by atoms with Gasteiger partial charge in [0.15, 0.2) is 0 Å². The number of hydrogen-bond donors (Lipinski definition) is 2. The largest absolute Gasteiger partial charge is 0.465 e. The van der Waals surface area contributed by atoms with Gasteiger partial charge in [0.1, 0.15) is 5.69 Å². The maximum absolute atomic E-state index is 13.6. The zero-order valence-corrected chi connectivity index (χ0v) is 21.0. The Balaban J connectivity index is 1.56. The molecule has 3 aromatic rings. The molecule has 0 spiro atoms. The van der Waals surface area contributed by atoms with Gasteiger partial charge in [-0.15, -0.1) is 0 Å². The Bertz CT molecular complexity index is 1260. The second-order valence-electron chi connectivity index (χ2n) is 9.35. The minimum absolute atomic E-state index is 0.0205. The van der Waals surface area contributed by atoms with Crippen molar-refractivity contribution in [2.75, 3.05) is 12.4 Å². The molecule has 0 atom stereocenters. The van der Waals surface area contributed by atoms with Gasteiger partial charge in [-0.3, -0.25) is 14.3 Å². The SMILES string of the molecule is COC(=O)c1cc(CNC(=O)C2(c3ccccc3)CCCCC2)cc(NC(=O)c2cc(C)nn2C)c1. The molecule has 1 fully saturated rings. The highest BCUT2D eigenvalue weighted by Gasteiger charge is 2.40. The van der Waals surface area contributed by atoms with E-state index in [4.69, 9.17) is 4.74 Å². The van der Waals surface area contributed by atoms with Crippen LogP contribution in [0.25, 0.3) is 0 Å². The number of hydrogen-bond acceptors (Lipinski definition) is 5. The van der Waals surface area contributed by atoms with E-state index in [0.29, 0.717) is 16.9 Å². The number of carbonyl (C=O) groups excluding carboxylic acids is 3. The van der Waals surface area contributed by atoms with Crippen LogP contribution in [0.5, 0.6) is 0 Å². The van der Waals surface area contributed by atoms with Gasteiger partial charge in [-0.1, -0.05) is 49.6 Å². The molecule has 1 aliphatic rings. The first-order valence-corrected chi connectivity index (χ1v) is 12.2. The van der Waals surface area contributed by atoms with Crippen molar-refractivity contribution in [3.63, 3.8) is 0 Å². The van der Waals surface area contributed by atoms with E-state index in [1.807, 2.05) is 37.3 Å². The van der Waals surface area contributed by atoms with Gasteiger partial charge < -0.3 is 15.4 Å². The van der Waals surface area contributed by atoms with Crippen LogP contribution >= 0.6 is 0 Å². The lowest BCUT2D eigenvalue weighted by atomic mass is 9.68. The number of nitrogens with one attached hydrogen (secondary N) is 2. The third-order valence-electron chi connectivity index (χ3n) is 6.83. The van der Waals surface area contributed by atoms with Gasteiger partial charge in [-0.2, -0.15) is 5.10 Å². The fraction of sp³-hybridized carbons (Fsp3) is 0.357. The molecule has 0 bridgehead atoms. The molecule has 0 aliphatic heterocycles. The van der Waals surface area contributed by atoms with Crippen LogP contribution in [0.15, 0.2) is 54.6 Å². The maximum Gasteiger partial charge on any atom is 0.337 e. The van der Waals surface area contributed by atoms with Crippen molar-refractivity contribution in [3.05, 3.63) is 82.7 Å². The van der Waals surface area contributed by atoms with E-state index < -0.39 is 11.4 Å². The van der Waals surface area contributed by atoms with Crippen LogP contribution < -0.4 is 10.6 Å². The Hall–Kier alpha value is -3.94. The topological polar surface area (TPSA) is 102 Å². The molecule has 1 heterocycles. The highest BCUT2D eigenvalue weighted by molar-refractivity contribution is 6.04. The maximum atomic E-state index is 13.6. The summed E-state index contributed by atoms with van der Waals surface area (Å²) < 4.78 is 6.40. The van der Waals surface area contributed by atoms with Gasteiger partial charge >= 0.3 is 5.97 Å². The van der Waals surface area contributed by atoms with Crippen molar-refractivity contribution in [2.24, 2.45) is 7.05 Å². The fourth-order valence-electron chi connectivity index (χ4n) is 5.03. The van der Waals surface area contributed by atoms with E-state index in [1.54, 1.807) is 31.3 Å². The van der Waals surface area contributed by atoms with Crippen molar-refractivity contribution in [2.45, 2.75) is 51.0 Å². The third-order valence-corrected chi connectivity index (χ3v) is 6.83. The summed E-state index contributed by atoms with van der Waals surface area (Å²) in [4.78, 5) is 38.7. The average molecular weight is 489 g/mol. The molecule has 1 saturated carbocycles. The number of carbonyl (C=O) groups is 3. The monoisotopic (exact) mass is 488 g/mol. The smallest absolute Gasteiger partial charge is 0.337 e. The van der Waals surface area contributed by atoms with Crippen LogP contribution in [0.2, 0.25) is 0 Å². The number of aryl methyl sites for hydroxylation is 2. The van der Waals surface area contributed by atoms with E-state index in [1.165, 1.54) is 11.8 Å². The quantitative estimate of drug-likeness (QED) is 0.483. The Morgan fingerprint density at radius 2 is 1.75 bits per heavy atom. The summed E-state index contributed by atoms with van der Waals surface area (Å²) in [6.45, 7) is 2.02. The lowest BCUT2D eigenvalue weighted by Gasteiger charge is -2.36. The summed E-state index contributed by atoms with van der Waals surface area (Å²) in [6, 6.07) is 16.6. The second-order valence-corrected chi connectivity index (χ2v) is 9.35. The molecule has 0 radical (unpaired) electrons.